The molecule has 1 fully saturated rings. The van der Waals surface area contributed by atoms with Crippen molar-refractivity contribution in [2.24, 2.45) is 0 Å². The third-order valence-corrected chi connectivity index (χ3v) is 6.74. The fourth-order valence-corrected chi connectivity index (χ4v) is 4.57. The quantitative estimate of drug-likeness (QED) is 0.444. The predicted molar refractivity (Wildman–Crippen MR) is 132 cm³/mol. The zero-order chi connectivity index (χ0) is 24.4. The highest BCUT2D eigenvalue weighted by atomic mass is 32.2. The molecule has 35 heavy (non-hydrogen) atoms. The third-order valence-electron chi connectivity index (χ3n) is 5.80. The van der Waals surface area contributed by atoms with Crippen LogP contribution in [0.15, 0.2) is 30.5 Å². The number of sulfone groups is 1. The van der Waals surface area contributed by atoms with Crippen LogP contribution in [-0.2, 0) is 14.6 Å². The molecule has 0 atom stereocenters. The molecule has 0 unspecified atom stereocenters. The van der Waals surface area contributed by atoms with Crippen molar-refractivity contribution in [3.63, 3.8) is 0 Å². The van der Waals surface area contributed by atoms with Crippen LogP contribution >= 0.6 is 0 Å². The lowest BCUT2D eigenvalue weighted by atomic mass is 10.1. The highest BCUT2D eigenvalue weighted by molar-refractivity contribution is 7.90. The van der Waals surface area contributed by atoms with Gasteiger partial charge in [-0.3, -0.25) is 4.79 Å². The lowest BCUT2D eigenvalue weighted by molar-refractivity contribution is 0.0298. The first-order valence-corrected chi connectivity index (χ1v) is 13.4. The van der Waals surface area contributed by atoms with Gasteiger partial charge in [0.1, 0.15) is 34.5 Å². The van der Waals surface area contributed by atoms with Gasteiger partial charge in [-0.2, -0.15) is 0 Å². The number of morpholine rings is 1. The van der Waals surface area contributed by atoms with Gasteiger partial charge < -0.3 is 34.7 Å². The van der Waals surface area contributed by atoms with Crippen LogP contribution in [0, 0.1) is 0 Å². The van der Waals surface area contributed by atoms with E-state index in [1.54, 1.807) is 29.3 Å². The monoisotopic (exact) mass is 501 g/mol. The van der Waals surface area contributed by atoms with Gasteiger partial charge in [-0.25, -0.2) is 13.4 Å². The molecular weight excluding hydrogens is 474 g/mol. The molecule has 3 aromatic rings. The Kier molecular flexibility index (Phi) is 6.39. The summed E-state index contributed by atoms with van der Waals surface area (Å²) < 4.78 is 40.2. The van der Waals surface area contributed by atoms with E-state index in [0.29, 0.717) is 73.7 Å². The summed E-state index contributed by atoms with van der Waals surface area (Å²) in [4.78, 5) is 22.6. The number of hydrogen-bond donors (Lipinski definition) is 3. The number of aromatic nitrogens is 2. The maximum Gasteiger partial charge on any atom is 0.257 e. The van der Waals surface area contributed by atoms with Gasteiger partial charge in [0.25, 0.3) is 5.91 Å². The number of aromatic amines is 1. The van der Waals surface area contributed by atoms with Crippen molar-refractivity contribution in [1.29, 1.82) is 0 Å². The lowest BCUT2D eigenvalue weighted by Gasteiger charge is -2.29. The van der Waals surface area contributed by atoms with Gasteiger partial charge in [-0.15, -0.1) is 0 Å². The second-order valence-electron chi connectivity index (χ2n) is 8.40. The molecule has 0 bridgehead atoms. The fourth-order valence-electron chi connectivity index (χ4n) is 4.10. The molecule has 5 rings (SSSR count). The van der Waals surface area contributed by atoms with Crippen LogP contribution in [0.4, 0.5) is 17.2 Å². The summed E-state index contributed by atoms with van der Waals surface area (Å²) in [6, 6.07) is 7.19. The van der Waals surface area contributed by atoms with Crippen molar-refractivity contribution in [2.45, 2.75) is 0 Å². The van der Waals surface area contributed by atoms with Crippen molar-refractivity contribution < 1.29 is 27.4 Å². The van der Waals surface area contributed by atoms with E-state index in [0.717, 1.165) is 11.1 Å². The minimum Gasteiger partial charge on any atom is -0.485 e. The van der Waals surface area contributed by atoms with E-state index in [9.17, 15) is 13.2 Å². The van der Waals surface area contributed by atoms with Crippen LogP contribution in [0.25, 0.3) is 11.0 Å². The van der Waals surface area contributed by atoms with E-state index in [-0.39, 0.29) is 18.2 Å². The SMILES string of the molecule is CS(=O)(=O)CCNc1cc(Nc2ccc(C(=O)N3CCOCC3)c3c2OCCO3)nc2[nH]ccc12. The number of carbonyl (C=O) groups excluding carboxylic acids is 1. The number of rotatable bonds is 7. The number of nitrogens with one attached hydrogen (secondary N) is 3. The molecule has 0 aliphatic carbocycles. The minimum absolute atomic E-state index is 0.0152. The molecule has 1 amide bonds. The standard InChI is InChI=1S/C23H27N5O6S/c1-35(30,31)13-6-24-18-14-19(27-22-15(18)4-5-25-22)26-17-3-2-16(20-21(17)34-12-11-33-20)23(29)28-7-9-32-10-8-28/h2-5,14H,6-13H2,1H3,(H3,24,25,26,27). The number of hydrogen-bond acceptors (Lipinski definition) is 9. The number of amides is 1. The van der Waals surface area contributed by atoms with E-state index in [2.05, 4.69) is 20.6 Å². The Morgan fingerprint density at radius 2 is 1.86 bits per heavy atom. The van der Waals surface area contributed by atoms with Gasteiger partial charge in [0.05, 0.1) is 30.2 Å². The summed E-state index contributed by atoms with van der Waals surface area (Å²) >= 11 is 0. The summed E-state index contributed by atoms with van der Waals surface area (Å²) in [6.45, 7) is 3.07. The molecule has 2 aromatic heterocycles. The van der Waals surface area contributed by atoms with Crippen molar-refractivity contribution >= 4 is 44.0 Å². The summed E-state index contributed by atoms with van der Waals surface area (Å²) in [7, 11) is -3.09. The van der Waals surface area contributed by atoms with Gasteiger partial charge in [-0.1, -0.05) is 0 Å². The molecule has 3 N–H and O–H groups in total. The van der Waals surface area contributed by atoms with Crippen molar-refractivity contribution in [2.75, 3.05) is 68.7 Å². The van der Waals surface area contributed by atoms with Crippen LogP contribution in [-0.4, -0.2) is 87.3 Å². The number of pyridine rings is 1. The highest BCUT2D eigenvalue weighted by Crippen LogP contribution is 2.42. The molecule has 0 radical (unpaired) electrons. The van der Waals surface area contributed by atoms with E-state index >= 15 is 0 Å². The molecule has 186 valence electrons. The molecule has 0 spiro atoms. The molecular formula is C23H27N5O6S. The number of H-pyrrole nitrogens is 1. The smallest absolute Gasteiger partial charge is 0.257 e. The summed E-state index contributed by atoms with van der Waals surface area (Å²) in [5.41, 5.74) is 2.44. The molecule has 0 saturated carbocycles. The highest BCUT2D eigenvalue weighted by Gasteiger charge is 2.28. The number of nitrogens with zero attached hydrogens (tertiary/aromatic N) is 2. The summed E-state index contributed by atoms with van der Waals surface area (Å²) in [6.07, 6.45) is 2.98. The number of fused-ring (bicyclic) bond motifs is 2. The van der Waals surface area contributed by atoms with Crippen LogP contribution in [0.3, 0.4) is 0 Å². The Balaban J connectivity index is 1.44. The average molecular weight is 502 g/mol. The number of anilines is 3. The zero-order valence-electron chi connectivity index (χ0n) is 19.3. The summed E-state index contributed by atoms with van der Waals surface area (Å²) in [5, 5.41) is 7.30. The average Bonchev–Trinajstić information content (AvgIpc) is 3.33. The number of benzene rings is 1. The van der Waals surface area contributed by atoms with Crippen LogP contribution in [0.5, 0.6) is 11.5 Å². The van der Waals surface area contributed by atoms with E-state index in [1.807, 2.05) is 6.07 Å². The first kappa shape index (κ1) is 23.2. The summed E-state index contributed by atoms with van der Waals surface area (Å²) in [5.74, 6) is 1.28. The van der Waals surface area contributed by atoms with E-state index < -0.39 is 9.84 Å². The first-order valence-electron chi connectivity index (χ1n) is 11.4. The topological polar surface area (TPSA) is 135 Å². The maximum atomic E-state index is 13.1. The Morgan fingerprint density at radius 1 is 1.09 bits per heavy atom. The Labute approximate surface area is 202 Å². The fraction of sp³-hybridized carbons (Fsp3) is 0.391. The van der Waals surface area contributed by atoms with Crippen LogP contribution in [0.2, 0.25) is 0 Å². The largest absolute Gasteiger partial charge is 0.485 e. The molecule has 2 aliphatic heterocycles. The second-order valence-corrected chi connectivity index (χ2v) is 10.7. The van der Waals surface area contributed by atoms with Crippen LogP contribution in [0.1, 0.15) is 10.4 Å². The molecule has 1 saturated heterocycles. The first-order chi connectivity index (χ1) is 16.9. The number of carbonyl (C=O) groups is 1. The molecule has 1 aromatic carbocycles. The van der Waals surface area contributed by atoms with Gasteiger partial charge in [0.2, 0.25) is 0 Å². The molecule has 4 heterocycles. The lowest BCUT2D eigenvalue weighted by Crippen LogP contribution is -2.41. The minimum atomic E-state index is -3.09. The van der Waals surface area contributed by atoms with Crippen molar-refractivity contribution in [3.8, 4) is 11.5 Å². The van der Waals surface area contributed by atoms with Crippen LogP contribution < -0.4 is 20.1 Å². The number of ether oxygens (including phenoxy) is 3. The predicted octanol–water partition coefficient (Wildman–Crippen LogP) is 2.01. The molecule has 12 heteroatoms. The normalized spacial score (nSPS) is 15.7. The Bertz CT molecular complexity index is 1350. The Hall–Kier alpha value is -3.51. The zero-order valence-corrected chi connectivity index (χ0v) is 20.1. The van der Waals surface area contributed by atoms with Gasteiger partial charge in [0, 0.05) is 49.2 Å². The van der Waals surface area contributed by atoms with Crippen molar-refractivity contribution in [1.82, 2.24) is 14.9 Å². The molecule has 2 aliphatic rings. The third kappa shape index (κ3) is 5.13. The maximum absolute atomic E-state index is 13.1. The van der Waals surface area contributed by atoms with Gasteiger partial charge in [0.15, 0.2) is 11.5 Å². The molecule has 11 nitrogen and oxygen atoms in total. The van der Waals surface area contributed by atoms with Crippen molar-refractivity contribution in [3.05, 3.63) is 36.0 Å². The van der Waals surface area contributed by atoms with E-state index in [1.165, 1.54) is 6.26 Å². The van der Waals surface area contributed by atoms with Gasteiger partial charge in [-0.05, 0) is 18.2 Å². The Morgan fingerprint density at radius 3 is 2.63 bits per heavy atom. The second kappa shape index (κ2) is 9.62. The van der Waals surface area contributed by atoms with Gasteiger partial charge >= 0.3 is 0 Å². The van der Waals surface area contributed by atoms with E-state index in [4.69, 9.17) is 14.2 Å².